The normalized spacial score (nSPS) is 11.3. The summed E-state index contributed by atoms with van der Waals surface area (Å²) >= 11 is 6.16. The average Bonchev–Trinajstić information content (AvgIpc) is 2.90. The van der Waals surface area contributed by atoms with E-state index in [1.54, 1.807) is 42.5 Å². The first-order valence-corrected chi connectivity index (χ1v) is 12.1. The van der Waals surface area contributed by atoms with Crippen LogP contribution in [-0.2, 0) is 4.79 Å². The Morgan fingerprint density at radius 3 is 2.32 bits per heavy atom. The lowest BCUT2D eigenvalue weighted by atomic mass is 10.1. The van der Waals surface area contributed by atoms with Crippen molar-refractivity contribution >= 4 is 41.4 Å². The molecule has 3 aromatic rings. The summed E-state index contributed by atoms with van der Waals surface area (Å²) in [5.41, 5.74) is 4.93. The third-order valence-electron chi connectivity index (χ3n) is 5.53. The molecule has 3 N–H and O–H groups in total. The number of nitrogens with zero attached hydrogens (tertiary/aromatic N) is 2. The van der Waals surface area contributed by atoms with Crippen LogP contribution in [0.1, 0.15) is 35.3 Å². The van der Waals surface area contributed by atoms with Crippen molar-refractivity contribution in [3.63, 3.8) is 0 Å². The van der Waals surface area contributed by atoms with Gasteiger partial charge in [0.2, 0.25) is 0 Å². The Bertz CT molecular complexity index is 1300. The van der Waals surface area contributed by atoms with Gasteiger partial charge < -0.3 is 20.1 Å². The summed E-state index contributed by atoms with van der Waals surface area (Å²) < 4.78 is 5.02. The molecule has 0 fully saturated rings. The van der Waals surface area contributed by atoms with E-state index in [4.69, 9.17) is 16.3 Å². The molecule has 0 aliphatic heterocycles. The molecule has 0 spiro atoms. The zero-order valence-electron chi connectivity index (χ0n) is 20.9. The summed E-state index contributed by atoms with van der Waals surface area (Å²) in [5.74, 6) is -0.905. The van der Waals surface area contributed by atoms with Crippen LogP contribution in [0.4, 0.5) is 5.69 Å². The van der Waals surface area contributed by atoms with E-state index in [2.05, 4.69) is 34.6 Å². The van der Waals surface area contributed by atoms with Gasteiger partial charge in [-0.15, -0.1) is 0 Å². The van der Waals surface area contributed by atoms with Crippen LogP contribution in [0.15, 0.2) is 77.5 Å². The molecule has 0 radical (unpaired) electrons. The van der Waals surface area contributed by atoms with Crippen molar-refractivity contribution in [2.45, 2.75) is 13.8 Å². The summed E-state index contributed by atoms with van der Waals surface area (Å²) in [6.07, 6.45) is 2.92. The molecule has 0 saturated heterocycles. The lowest BCUT2D eigenvalue weighted by molar-refractivity contribution is -0.117. The van der Waals surface area contributed by atoms with E-state index in [0.717, 1.165) is 18.8 Å². The maximum atomic E-state index is 13.0. The number of ether oxygens (including phenoxy) is 1. The fourth-order valence-electron chi connectivity index (χ4n) is 3.54. The van der Waals surface area contributed by atoms with E-state index in [1.165, 1.54) is 19.4 Å². The number of anilines is 1. The number of nitrogens with one attached hydrogen (secondary N) is 2. The summed E-state index contributed by atoms with van der Waals surface area (Å²) in [5, 5.41) is 16.8. The molecular weight excluding hydrogens is 492 g/mol. The van der Waals surface area contributed by atoms with Crippen molar-refractivity contribution in [1.82, 2.24) is 10.7 Å². The van der Waals surface area contributed by atoms with Crippen LogP contribution < -0.4 is 20.4 Å². The number of benzene rings is 3. The Morgan fingerprint density at radius 2 is 1.70 bits per heavy atom. The number of aromatic hydroxyl groups is 1. The second-order valence-corrected chi connectivity index (χ2v) is 8.29. The number of amides is 2. The molecule has 3 aromatic carbocycles. The van der Waals surface area contributed by atoms with Crippen molar-refractivity contribution in [1.29, 1.82) is 0 Å². The maximum absolute atomic E-state index is 13.0. The highest BCUT2D eigenvalue weighted by molar-refractivity contribution is 6.34. The smallest absolute Gasteiger partial charge is 0.287 e. The van der Waals surface area contributed by atoms with E-state index in [9.17, 15) is 14.7 Å². The summed E-state index contributed by atoms with van der Waals surface area (Å²) in [6, 6.07) is 18.9. The van der Waals surface area contributed by atoms with E-state index >= 15 is 0 Å². The van der Waals surface area contributed by atoms with Gasteiger partial charge in [0, 0.05) is 18.8 Å². The lowest BCUT2D eigenvalue weighted by Gasteiger charge is -2.21. The van der Waals surface area contributed by atoms with E-state index in [1.807, 2.05) is 24.3 Å². The number of carbonyl (C=O) groups excluding carboxylic acids is 2. The minimum absolute atomic E-state index is 0.0183. The number of hydrogen-bond acceptors (Lipinski definition) is 6. The maximum Gasteiger partial charge on any atom is 0.287 e. The molecule has 0 heterocycles. The first-order chi connectivity index (χ1) is 17.9. The molecule has 0 aliphatic carbocycles. The average molecular weight is 521 g/mol. The van der Waals surface area contributed by atoms with Gasteiger partial charge in [-0.1, -0.05) is 35.9 Å². The number of hydrazone groups is 1. The molecule has 8 nitrogen and oxygen atoms in total. The largest absolute Gasteiger partial charge is 0.504 e. The van der Waals surface area contributed by atoms with Gasteiger partial charge in [0.25, 0.3) is 11.8 Å². The molecule has 3 rings (SSSR count). The number of hydrogen-bond donors (Lipinski definition) is 3. The van der Waals surface area contributed by atoms with Gasteiger partial charge in [0.15, 0.2) is 11.5 Å². The first-order valence-electron chi connectivity index (χ1n) is 11.7. The van der Waals surface area contributed by atoms with Gasteiger partial charge in [-0.2, -0.15) is 5.10 Å². The van der Waals surface area contributed by atoms with Gasteiger partial charge in [-0.05, 0) is 73.5 Å². The Morgan fingerprint density at radius 1 is 1.03 bits per heavy atom. The molecule has 2 amide bonds. The Labute approximate surface area is 221 Å². The topological polar surface area (TPSA) is 103 Å². The Hall–Kier alpha value is -4.30. The highest BCUT2D eigenvalue weighted by Gasteiger charge is 2.16. The molecule has 192 valence electrons. The number of methoxy groups -OCH3 is 1. The van der Waals surface area contributed by atoms with Crippen molar-refractivity contribution in [2.24, 2.45) is 5.10 Å². The number of rotatable bonds is 10. The zero-order chi connectivity index (χ0) is 26.8. The molecule has 0 aliphatic rings. The Balaban J connectivity index is 1.84. The Kier molecular flexibility index (Phi) is 9.69. The molecule has 0 bridgehead atoms. The van der Waals surface area contributed by atoms with Crippen LogP contribution >= 0.6 is 11.6 Å². The van der Waals surface area contributed by atoms with Gasteiger partial charge >= 0.3 is 0 Å². The molecule has 37 heavy (non-hydrogen) atoms. The molecule has 9 heteroatoms. The first kappa shape index (κ1) is 27.3. The fraction of sp³-hybridized carbons (Fsp3) is 0.179. The van der Waals surface area contributed by atoms with Crippen molar-refractivity contribution in [2.75, 3.05) is 25.1 Å². The van der Waals surface area contributed by atoms with Crippen molar-refractivity contribution in [3.8, 4) is 11.5 Å². The third-order valence-corrected chi connectivity index (χ3v) is 5.86. The molecule has 0 saturated carbocycles. The predicted molar refractivity (Wildman–Crippen MR) is 147 cm³/mol. The van der Waals surface area contributed by atoms with Gasteiger partial charge in [-0.25, -0.2) is 5.43 Å². The van der Waals surface area contributed by atoms with E-state index in [-0.39, 0.29) is 22.0 Å². The number of phenols is 1. The number of halogens is 1. The highest BCUT2D eigenvalue weighted by Crippen LogP contribution is 2.25. The van der Waals surface area contributed by atoms with Gasteiger partial charge in [-0.3, -0.25) is 9.59 Å². The molecule has 0 unspecified atom stereocenters. The quantitative estimate of drug-likeness (QED) is 0.202. The van der Waals surface area contributed by atoms with Crippen molar-refractivity contribution < 1.29 is 19.4 Å². The number of carbonyl (C=O) groups is 2. The van der Waals surface area contributed by atoms with Crippen LogP contribution in [0.2, 0.25) is 5.02 Å². The van der Waals surface area contributed by atoms with Crippen LogP contribution in [0.25, 0.3) is 6.08 Å². The SMILES string of the molecule is CCN(CC)c1ccc(/C=C(/NC(=O)c2ccccc2Cl)C(=O)N/N=C/c2ccc(OC)c(O)c2)cc1. The number of phenolic OH excluding ortho intramolecular Hbond substituents is 1. The minimum Gasteiger partial charge on any atom is -0.504 e. The summed E-state index contributed by atoms with van der Waals surface area (Å²) in [4.78, 5) is 28.1. The van der Waals surface area contributed by atoms with Crippen LogP contribution in [-0.4, -0.2) is 43.3 Å². The molecular formula is C28H29ClN4O4. The third kappa shape index (κ3) is 7.35. The second kappa shape index (κ2) is 13.1. The summed E-state index contributed by atoms with van der Waals surface area (Å²) in [7, 11) is 1.45. The highest BCUT2D eigenvalue weighted by atomic mass is 35.5. The van der Waals surface area contributed by atoms with E-state index < -0.39 is 11.8 Å². The van der Waals surface area contributed by atoms with Crippen LogP contribution in [0.3, 0.4) is 0 Å². The zero-order valence-corrected chi connectivity index (χ0v) is 21.6. The van der Waals surface area contributed by atoms with Gasteiger partial charge in [0.05, 0.1) is 23.9 Å². The fourth-order valence-corrected chi connectivity index (χ4v) is 3.76. The predicted octanol–water partition coefficient (Wildman–Crippen LogP) is 4.82. The second-order valence-electron chi connectivity index (χ2n) is 7.89. The van der Waals surface area contributed by atoms with Crippen LogP contribution in [0.5, 0.6) is 11.5 Å². The van der Waals surface area contributed by atoms with E-state index in [0.29, 0.717) is 16.9 Å². The van der Waals surface area contributed by atoms with Crippen molar-refractivity contribution in [3.05, 3.63) is 94.1 Å². The van der Waals surface area contributed by atoms with Gasteiger partial charge in [0.1, 0.15) is 5.70 Å². The van der Waals surface area contributed by atoms with Crippen LogP contribution in [0, 0.1) is 0 Å². The molecule has 0 atom stereocenters. The summed E-state index contributed by atoms with van der Waals surface area (Å²) in [6.45, 7) is 5.91. The standard InChI is InChI=1S/C28H29ClN4O4/c1-4-33(5-2)21-13-10-19(11-14-21)16-24(31-27(35)22-8-6-7-9-23(22)29)28(36)32-30-18-20-12-15-26(37-3)25(34)17-20/h6-18,34H,4-5H2,1-3H3,(H,31,35)(H,32,36)/b24-16+,30-18+. The minimum atomic E-state index is -0.637. The lowest BCUT2D eigenvalue weighted by Crippen LogP contribution is -2.33. The monoisotopic (exact) mass is 520 g/mol. The molecule has 0 aromatic heterocycles.